The zero-order valence-electron chi connectivity index (χ0n) is 14.1. The quantitative estimate of drug-likeness (QED) is 0.930. The van der Waals surface area contributed by atoms with Gasteiger partial charge in [0.2, 0.25) is 0 Å². The van der Waals surface area contributed by atoms with Gasteiger partial charge in [0.1, 0.15) is 5.69 Å². The fourth-order valence-electron chi connectivity index (χ4n) is 3.02. The predicted molar refractivity (Wildman–Crippen MR) is 85.1 cm³/mol. The number of nitrogens with zero attached hydrogens (tertiary/aromatic N) is 2. The number of carbonyl (C=O) groups excluding carboxylic acids is 1. The van der Waals surface area contributed by atoms with Crippen LogP contribution in [-0.2, 0) is 10.3 Å². The van der Waals surface area contributed by atoms with Crippen molar-refractivity contribution in [3.05, 3.63) is 17.5 Å². The van der Waals surface area contributed by atoms with E-state index in [0.29, 0.717) is 11.6 Å². The lowest BCUT2D eigenvalue weighted by molar-refractivity contribution is 0.0702. The molecule has 1 N–H and O–H groups in total. The molecule has 2 atom stereocenters. The fourth-order valence-corrected chi connectivity index (χ4v) is 3.02. The first-order valence-corrected chi connectivity index (χ1v) is 8.39. The van der Waals surface area contributed by atoms with Crippen LogP contribution in [0.2, 0.25) is 0 Å². The van der Waals surface area contributed by atoms with Crippen molar-refractivity contribution in [1.29, 1.82) is 0 Å². The second-order valence-corrected chi connectivity index (χ2v) is 7.62. The molecule has 122 valence electrons. The van der Waals surface area contributed by atoms with Crippen LogP contribution in [0.1, 0.15) is 75.5 Å². The van der Waals surface area contributed by atoms with Crippen molar-refractivity contribution in [3.63, 3.8) is 0 Å². The number of amides is 1. The second-order valence-electron chi connectivity index (χ2n) is 7.62. The second kappa shape index (κ2) is 5.69. The van der Waals surface area contributed by atoms with E-state index in [4.69, 9.17) is 9.84 Å². The van der Waals surface area contributed by atoms with Crippen LogP contribution in [0.4, 0.5) is 0 Å². The highest BCUT2D eigenvalue weighted by atomic mass is 16.5. The minimum absolute atomic E-state index is 0.0303. The van der Waals surface area contributed by atoms with Crippen molar-refractivity contribution in [3.8, 4) is 0 Å². The number of carbonyl (C=O) groups is 1. The maximum absolute atomic E-state index is 12.7. The van der Waals surface area contributed by atoms with E-state index in [1.54, 1.807) is 0 Å². The smallest absolute Gasteiger partial charge is 0.269 e. The molecule has 0 bridgehead atoms. The van der Waals surface area contributed by atoms with E-state index >= 15 is 0 Å². The largest absolute Gasteiger partial charge is 0.376 e. The van der Waals surface area contributed by atoms with E-state index in [1.165, 1.54) is 12.8 Å². The Morgan fingerprint density at radius 2 is 2.14 bits per heavy atom. The first kappa shape index (κ1) is 15.5. The maximum atomic E-state index is 12.7. The van der Waals surface area contributed by atoms with Gasteiger partial charge < -0.3 is 10.1 Å². The number of hydrogen-bond acceptors (Lipinski definition) is 3. The Morgan fingerprint density at radius 3 is 2.68 bits per heavy atom. The topological polar surface area (TPSA) is 56.2 Å². The Balaban J connectivity index is 1.78. The molecule has 1 aromatic rings. The van der Waals surface area contributed by atoms with Crippen LogP contribution < -0.4 is 5.32 Å². The third-order valence-electron chi connectivity index (χ3n) is 4.47. The Kier molecular flexibility index (Phi) is 4.02. The lowest BCUT2D eigenvalue weighted by atomic mass is 10.1. The molecule has 2 fully saturated rings. The summed E-state index contributed by atoms with van der Waals surface area (Å²) < 4.78 is 7.54. The summed E-state index contributed by atoms with van der Waals surface area (Å²) in [6.07, 6.45) is 4.62. The van der Waals surface area contributed by atoms with Gasteiger partial charge in [-0.05, 0) is 59.4 Å². The van der Waals surface area contributed by atoms with Crippen molar-refractivity contribution in [1.82, 2.24) is 15.1 Å². The van der Waals surface area contributed by atoms with E-state index in [0.717, 1.165) is 25.1 Å². The van der Waals surface area contributed by atoms with Crippen LogP contribution in [0.3, 0.4) is 0 Å². The molecule has 1 saturated heterocycles. The third-order valence-corrected chi connectivity index (χ3v) is 4.47. The van der Waals surface area contributed by atoms with Gasteiger partial charge in [-0.1, -0.05) is 0 Å². The summed E-state index contributed by atoms with van der Waals surface area (Å²) in [7, 11) is 0. The van der Waals surface area contributed by atoms with Crippen molar-refractivity contribution in [2.45, 2.75) is 77.0 Å². The summed E-state index contributed by atoms with van der Waals surface area (Å²) in [4.78, 5) is 12.7. The molecule has 0 spiro atoms. The molecular formula is C17H27N3O2. The van der Waals surface area contributed by atoms with Gasteiger partial charge in [0, 0.05) is 12.5 Å². The van der Waals surface area contributed by atoms with Crippen LogP contribution in [0.25, 0.3) is 0 Å². The highest BCUT2D eigenvalue weighted by molar-refractivity contribution is 5.93. The number of hydrogen-bond donors (Lipinski definition) is 1. The molecule has 0 aromatic carbocycles. The predicted octanol–water partition coefficient (Wildman–Crippen LogP) is 2.81. The Morgan fingerprint density at radius 1 is 1.41 bits per heavy atom. The average Bonchev–Trinajstić information content (AvgIpc) is 2.98. The van der Waals surface area contributed by atoms with Gasteiger partial charge in [-0.25, -0.2) is 0 Å². The zero-order valence-corrected chi connectivity index (χ0v) is 14.1. The molecule has 3 rings (SSSR count). The Hall–Kier alpha value is -1.36. The number of nitrogens with one attached hydrogen (secondary N) is 1. The Bertz CT molecular complexity index is 549. The van der Waals surface area contributed by atoms with Gasteiger partial charge in [-0.15, -0.1) is 0 Å². The molecule has 2 heterocycles. The van der Waals surface area contributed by atoms with E-state index in [-0.39, 0.29) is 23.6 Å². The van der Waals surface area contributed by atoms with Gasteiger partial charge in [-0.2, -0.15) is 5.10 Å². The van der Waals surface area contributed by atoms with E-state index < -0.39 is 0 Å². The molecule has 2 aliphatic rings. The summed E-state index contributed by atoms with van der Waals surface area (Å²) in [5.74, 6) is 0.503. The summed E-state index contributed by atoms with van der Waals surface area (Å²) in [5, 5.41) is 7.79. The zero-order chi connectivity index (χ0) is 15.9. The summed E-state index contributed by atoms with van der Waals surface area (Å²) in [6.45, 7) is 9.06. The standard InChI is InChI=1S/C17H27N3O2/c1-11(15-6-5-9-22-15)18-16(21)14-10-13(12-7-8-12)19-20(14)17(2,3)4/h10-12,15H,5-9H2,1-4H3,(H,18,21)/t11-,15-/m1/s1. The monoisotopic (exact) mass is 305 g/mol. The number of rotatable bonds is 4. The molecular weight excluding hydrogens is 278 g/mol. The summed E-state index contributed by atoms with van der Waals surface area (Å²) in [6, 6.07) is 2.00. The van der Waals surface area contributed by atoms with Crippen molar-refractivity contribution >= 4 is 5.91 Å². The van der Waals surface area contributed by atoms with Crippen molar-refractivity contribution < 1.29 is 9.53 Å². The van der Waals surface area contributed by atoms with E-state index in [2.05, 4.69) is 26.1 Å². The van der Waals surface area contributed by atoms with Crippen LogP contribution >= 0.6 is 0 Å². The number of aromatic nitrogens is 2. The van der Waals surface area contributed by atoms with Gasteiger partial charge in [-0.3, -0.25) is 9.48 Å². The van der Waals surface area contributed by atoms with Crippen LogP contribution in [0.5, 0.6) is 0 Å². The summed E-state index contributed by atoms with van der Waals surface area (Å²) >= 11 is 0. The highest BCUT2D eigenvalue weighted by Gasteiger charge is 2.32. The SMILES string of the molecule is C[C@@H](NC(=O)c1cc(C2CC2)nn1C(C)(C)C)[C@H]1CCCO1. The molecule has 5 heteroatoms. The van der Waals surface area contributed by atoms with Gasteiger partial charge >= 0.3 is 0 Å². The Labute approximate surface area is 132 Å². The minimum Gasteiger partial charge on any atom is -0.376 e. The first-order valence-electron chi connectivity index (χ1n) is 8.39. The van der Waals surface area contributed by atoms with Crippen molar-refractivity contribution in [2.75, 3.05) is 6.61 Å². The lowest BCUT2D eigenvalue weighted by Crippen LogP contribution is -2.42. The van der Waals surface area contributed by atoms with E-state index in [1.807, 2.05) is 17.7 Å². The van der Waals surface area contributed by atoms with Gasteiger partial charge in [0.25, 0.3) is 5.91 Å². The van der Waals surface area contributed by atoms with Crippen LogP contribution in [0.15, 0.2) is 6.07 Å². The molecule has 1 aliphatic heterocycles. The molecule has 1 saturated carbocycles. The third kappa shape index (κ3) is 3.19. The van der Waals surface area contributed by atoms with Crippen LogP contribution in [0, 0.1) is 0 Å². The van der Waals surface area contributed by atoms with Crippen molar-refractivity contribution in [2.24, 2.45) is 0 Å². The maximum Gasteiger partial charge on any atom is 0.269 e. The molecule has 22 heavy (non-hydrogen) atoms. The van der Waals surface area contributed by atoms with Gasteiger partial charge in [0.05, 0.1) is 23.4 Å². The lowest BCUT2D eigenvalue weighted by Gasteiger charge is -2.24. The molecule has 1 aromatic heterocycles. The normalized spacial score (nSPS) is 23.5. The van der Waals surface area contributed by atoms with Gasteiger partial charge in [0.15, 0.2) is 0 Å². The molecule has 0 unspecified atom stereocenters. The van der Waals surface area contributed by atoms with Crippen LogP contribution in [-0.4, -0.2) is 34.4 Å². The number of ether oxygens (including phenoxy) is 1. The first-order chi connectivity index (χ1) is 10.4. The minimum atomic E-state index is -0.201. The van der Waals surface area contributed by atoms with E-state index in [9.17, 15) is 4.79 Å². The average molecular weight is 305 g/mol. The molecule has 1 amide bonds. The molecule has 5 nitrogen and oxygen atoms in total. The fraction of sp³-hybridized carbons (Fsp3) is 0.765. The highest BCUT2D eigenvalue weighted by Crippen LogP contribution is 2.40. The summed E-state index contributed by atoms with van der Waals surface area (Å²) in [5.41, 5.74) is 1.52. The molecule has 0 radical (unpaired) electrons. The molecule has 1 aliphatic carbocycles.